The van der Waals surface area contributed by atoms with Gasteiger partial charge in [-0.1, -0.05) is 41.9 Å². The molecular formula is C22H21ClN6O. The second kappa shape index (κ2) is 7.50. The fourth-order valence-corrected chi connectivity index (χ4v) is 4.44. The Morgan fingerprint density at radius 1 is 1.10 bits per heavy atom. The van der Waals surface area contributed by atoms with Crippen LogP contribution >= 0.6 is 11.6 Å². The normalized spacial score (nSPS) is 18.0. The van der Waals surface area contributed by atoms with E-state index in [0.717, 1.165) is 40.6 Å². The summed E-state index contributed by atoms with van der Waals surface area (Å²) in [5, 5.41) is 13.3. The van der Waals surface area contributed by atoms with Crippen LogP contribution in [0.3, 0.4) is 0 Å². The van der Waals surface area contributed by atoms with Gasteiger partial charge in [0, 0.05) is 5.56 Å². The molecule has 4 aromatic rings. The number of halogens is 1. The van der Waals surface area contributed by atoms with Crippen LogP contribution in [0.25, 0.3) is 5.69 Å². The number of para-hydroxylation sites is 1. The minimum absolute atomic E-state index is 0.0631. The molecule has 152 valence electrons. The number of anilines is 1. The van der Waals surface area contributed by atoms with Crippen molar-refractivity contribution >= 4 is 17.5 Å². The molecule has 0 aliphatic carbocycles. The molecule has 0 unspecified atom stereocenters. The minimum atomic E-state index is -0.0826. The van der Waals surface area contributed by atoms with E-state index in [2.05, 4.69) is 27.5 Å². The van der Waals surface area contributed by atoms with Crippen molar-refractivity contribution in [2.45, 2.75) is 25.4 Å². The van der Waals surface area contributed by atoms with Gasteiger partial charge in [-0.2, -0.15) is 15.2 Å². The molecule has 7 nitrogen and oxygen atoms in total. The Morgan fingerprint density at radius 3 is 2.60 bits per heavy atom. The summed E-state index contributed by atoms with van der Waals surface area (Å²) in [6, 6.07) is 18.0. The molecule has 0 bridgehead atoms. The molecule has 0 saturated carbocycles. The van der Waals surface area contributed by atoms with Crippen LogP contribution in [0.15, 0.2) is 60.9 Å². The average Bonchev–Trinajstić information content (AvgIpc) is 3.38. The van der Waals surface area contributed by atoms with Crippen LogP contribution in [-0.2, 0) is 0 Å². The summed E-state index contributed by atoms with van der Waals surface area (Å²) in [5.74, 6) is 1.55. The highest BCUT2D eigenvalue weighted by molar-refractivity contribution is 6.30. The van der Waals surface area contributed by atoms with Crippen molar-refractivity contribution in [3.63, 3.8) is 0 Å². The number of rotatable bonds is 4. The summed E-state index contributed by atoms with van der Waals surface area (Å²) in [4.78, 5) is 4.41. The van der Waals surface area contributed by atoms with Gasteiger partial charge in [0.2, 0.25) is 5.95 Å². The Kier molecular flexibility index (Phi) is 4.67. The molecule has 0 radical (unpaired) electrons. The third-order valence-corrected chi connectivity index (χ3v) is 5.89. The van der Waals surface area contributed by atoms with Gasteiger partial charge in [-0.05, 0) is 43.2 Å². The maximum atomic E-state index is 6.87. The second-order valence-electron chi connectivity index (χ2n) is 7.29. The fraction of sp³-hybridized carbons (Fsp3) is 0.227. The van der Waals surface area contributed by atoms with Gasteiger partial charge < -0.3 is 10.1 Å². The lowest BCUT2D eigenvalue weighted by atomic mass is 9.93. The highest BCUT2D eigenvalue weighted by Gasteiger charge is 2.34. The first-order chi connectivity index (χ1) is 14.7. The zero-order valence-corrected chi connectivity index (χ0v) is 17.4. The largest absolute Gasteiger partial charge is 0.497 e. The Balaban J connectivity index is 1.56. The number of aryl methyl sites for hydroxylation is 1. The van der Waals surface area contributed by atoms with Gasteiger partial charge in [-0.15, -0.1) is 0 Å². The molecule has 0 amide bonds. The maximum absolute atomic E-state index is 6.87. The molecular weight excluding hydrogens is 400 g/mol. The van der Waals surface area contributed by atoms with Crippen LogP contribution in [0, 0.1) is 6.92 Å². The van der Waals surface area contributed by atoms with Crippen LogP contribution < -0.4 is 10.1 Å². The molecule has 2 aromatic carbocycles. The number of benzene rings is 2. The quantitative estimate of drug-likeness (QED) is 0.523. The van der Waals surface area contributed by atoms with Crippen molar-refractivity contribution in [3.05, 3.63) is 82.9 Å². The Morgan fingerprint density at radius 2 is 1.87 bits per heavy atom. The van der Waals surface area contributed by atoms with E-state index < -0.39 is 0 Å². The highest BCUT2D eigenvalue weighted by Crippen LogP contribution is 2.41. The molecule has 0 saturated heterocycles. The molecule has 30 heavy (non-hydrogen) atoms. The Labute approximate surface area is 179 Å². The smallest absolute Gasteiger partial charge is 0.222 e. The van der Waals surface area contributed by atoms with Crippen molar-refractivity contribution in [2.75, 3.05) is 12.4 Å². The molecule has 8 heteroatoms. The number of methoxy groups -OCH3 is 1. The van der Waals surface area contributed by atoms with Crippen molar-refractivity contribution in [1.82, 2.24) is 24.5 Å². The summed E-state index contributed by atoms with van der Waals surface area (Å²) >= 11 is 6.87. The molecule has 5 rings (SSSR count). The van der Waals surface area contributed by atoms with Crippen molar-refractivity contribution in [1.29, 1.82) is 0 Å². The summed E-state index contributed by atoms with van der Waals surface area (Å²) < 4.78 is 8.97. The van der Waals surface area contributed by atoms with Crippen molar-refractivity contribution in [3.8, 4) is 11.4 Å². The van der Waals surface area contributed by atoms with E-state index in [4.69, 9.17) is 21.4 Å². The van der Waals surface area contributed by atoms with Crippen molar-refractivity contribution < 1.29 is 4.74 Å². The number of hydrogen-bond acceptors (Lipinski definition) is 5. The summed E-state index contributed by atoms with van der Waals surface area (Å²) in [6.07, 6.45) is 2.33. The maximum Gasteiger partial charge on any atom is 0.222 e. The van der Waals surface area contributed by atoms with Crippen LogP contribution in [-0.4, -0.2) is 31.7 Å². The number of hydrogen-bond donors (Lipinski definition) is 1. The van der Waals surface area contributed by atoms with E-state index in [9.17, 15) is 0 Å². The first-order valence-electron chi connectivity index (χ1n) is 9.76. The predicted molar refractivity (Wildman–Crippen MR) is 115 cm³/mol. The van der Waals surface area contributed by atoms with Crippen LogP contribution in [0.5, 0.6) is 5.75 Å². The fourth-order valence-electron chi connectivity index (χ4n) is 4.05. The van der Waals surface area contributed by atoms with Gasteiger partial charge in [-0.3, -0.25) is 0 Å². The first kappa shape index (κ1) is 18.7. The third kappa shape index (κ3) is 3.11. The summed E-state index contributed by atoms with van der Waals surface area (Å²) in [5.41, 5.74) is 3.92. The minimum Gasteiger partial charge on any atom is -0.497 e. The van der Waals surface area contributed by atoms with Gasteiger partial charge in [0.1, 0.15) is 17.2 Å². The zero-order valence-electron chi connectivity index (χ0n) is 16.7. The number of fused-ring (bicyclic) bond motifs is 1. The van der Waals surface area contributed by atoms with Gasteiger partial charge >= 0.3 is 0 Å². The third-order valence-electron chi connectivity index (χ3n) is 5.53. The lowest BCUT2D eigenvalue weighted by Crippen LogP contribution is -2.28. The second-order valence-corrected chi connectivity index (χ2v) is 7.65. The number of nitrogens with zero attached hydrogens (tertiary/aromatic N) is 5. The van der Waals surface area contributed by atoms with Gasteiger partial charge in [-0.25, -0.2) is 9.36 Å². The Bertz CT molecular complexity index is 1170. The van der Waals surface area contributed by atoms with Gasteiger partial charge in [0.25, 0.3) is 0 Å². The monoisotopic (exact) mass is 420 g/mol. The topological polar surface area (TPSA) is 69.8 Å². The molecule has 1 N–H and O–H groups in total. The molecule has 3 heterocycles. The summed E-state index contributed by atoms with van der Waals surface area (Å²) in [6.45, 7) is 1.99. The van der Waals surface area contributed by atoms with Crippen molar-refractivity contribution in [2.24, 2.45) is 0 Å². The van der Waals surface area contributed by atoms with E-state index in [1.165, 1.54) is 0 Å². The zero-order chi connectivity index (χ0) is 20.7. The number of ether oxygens (including phenoxy) is 1. The first-order valence-corrected chi connectivity index (χ1v) is 10.1. The van der Waals surface area contributed by atoms with Crippen LogP contribution in [0.2, 0.25) is 5.15 Å². The molecule has 2 aromatic heterocycles. The SMILES string of the molecule is COc1ccc([C@@H]2C[C@H](c3c(C)nn(-c4ccccc4)c3Cl)n3ncnc3N2)cc1. The number of aromatic nitrogens is 5. The lowest BCUT2D eigenvalue weighted by Gasteiger charge is -2.31. The van der Waals surface area contributed by atoms with E-state index in [1.807, 2.05) is 54.1 Å². The van der Waals surface area contributed by atoms with Crippen LogP contribution in [0.1, 0.15) is 35.3 Å². The summed E-state index contributed by atoms with van der Waals surface area (Å²) in [7, 11) is 1.67. The van der Waals surface area contributed by atoms with Crippen LogP contribution in [0.4, 0.5) is 5.95 Å². The molecule has 1 aliphatic heterocycles. The average molecular weight is 421 g/mol. The molecule has 0 spiro atoms. The predicted octanol–water partition coefficient (Wildman–Crippen LogP) is 4.58. The standard InChI is InChI=1S/C22H21ClN6O/c1-14-20(21(23)28(27-14)16-6-4-3-5-7-16)19-12-18(26-22-24-13-25-29(19)22)15-8-10-17(30-2)11-9-15/h3-11,13,18-19H,12H2,1-2H3,(H,24,25,26)/t18-,19+/m0/s1. The van der Waals surface area contributed by atoms with Gasteiger partial charge in [0.05, 0.1) is 30.6 Å². The van der Waals surface area contributed by atoms with Gasteiger partial charge in [0.15, 0.2) is 0 Å². The van der Waals surface area contributed by atoms with E-state index in [0.29, 0.717) is 5.15 Å². The molecule has 0 fully saturated rings. The number of nitrogens with one attached hydrogen (secondary N) is 1. The lowest BCUT2D eigenvalue weighted by molar-refractivity contribution is 0.413. The molecule has 1 aliphatic rings. The van der Waals surface area contributed by atoms with E-state index >= 15 is 0 Å². The highest BCUT2D eigenvalue weighted by atomic mass is 35.5. The molecule has 2 atom stereocenters. The van der Waals surface area contributed by atoms with E-state index in [1.54, 1.807) is 18.1 Å². The Hall–Kier alpha value is -3.32. The van der Waals surface area contributed by atoms with E-state index in [-0.39, 0.29) is 12.1 Å².